The van der Waals surface area contributed by atoms with Crippen LogP contribution in [0.4, 0.5) is 18.9 Å². The fourth-order valence-corrected chi connectivity index (χ4v) is 2.27. The number of carbonyl (C=O) groups is 1. The van der Waals surface area contributed by atoms with Gasteiger partial charge in [-0.1, -0.05) is 5.16 Å². The lowest BCUT2D eigenvalue weighted by atomic mass is 10.2. The van der Waals surface area contributed by atoms with Gasteiger partial charge in [-0.15, -0.1) is 0 Å². The summed E-state index contributed by atoms with van der Waals surface area (Å²) >= 11 is 0. The SMILES string of the molecule is COc1ccc(-c2noc(CCC(=O)Nc3ccc(F)c(F)c3F)n2)cc1. The molecule has 0 radical (unpaired) electrons. The molecule has 0 aliphatic rings. The van der Waals surface area contributed by atoms with Gasteiger partial charge < -0.3 is 14.6 Å². The molecule has 1 amide bonds. The summed E-state index contributed by atoms with van der Waals surface area (Å²) in [5, 5.41) is 6.00. The third-order valence-corrected chi connectivity index (χ3v) is 3.69. The van der Waals surface area contributed by atoms with E-state index in [9.17, 15) is 18.0 Å². The number of halogens is 3. The summed E-state index contributed by atoms with van der Waals surface area (Å²) in [6, 6.07) is 8.68. The van der Waals surface area contributed by atoms with Crippen LogP contribution in [-0.2, 0) is 11.2 Å². The zero-order valence-corrected chi connectivity index (χ0v) is 14.1. The Morgan fingerprint density at radius 3 is 2.56 bits per heavy atom. The Hall–Kier alpha value is -3.36. The van der Waals surface area contributed by atoms with Gasteiger partial charge in [-0.25, -0.2) is 13.2 Å². The average molecular weight is 377 g/mol. The largest absolute Gasteiger partial charge is 0.497 e. The molecule has 27 heavy (non-hydrogen) atoms. The second-order valence-electron chi connectivity index (χ2n) is 5.51. The van der Waals surface area contributed by atoms with Crippen LogP contribution in [0.3, 0.4) is 0 Å². The second-order valence-corrected chi connectivity index (χ2v) is 5.51. The van der Waals surface area contributed by atoms with E-state index in [2.05, 4.69) is 15.5 Å². The van der Waals surface area contributed by atoms with Crippen molar-refractivity contribution in [3.05, 3.63) is 59.7 Å². The molecule has 0 fully saturated rings. The highest BCUT2D eigenvalue weighted by molar-refractivity contribution is 5.90. The van der Waals surface area contributed by atoms with Crippen molar-refractivity contribution < 1.29 is 27.2 Å². The lowest BCUT2D eigenvalue weighted by Crippen LogP contribution is -2.14. The van der Waals surface area contributed by atoms with Crippen LogP contribution in [0.5, 0.6) is 5.75 Å². The molecule has 0 bridgehead atoms. The highest BCUT2D eigenvalue weighted by atomic mass is 19.2. The Morgan fingerprint density at radius 2 is 1.85 bits per heavy atom. The molecule has 0 aliphatic heterocycles. The molecular weight excluding hydrogens is 363 g/mol. The summed E-state index contributed by atoms with van der Waals surface area (Å²) in [4.78, 5) is 16.1. The van der Waals surface area contributed by atoms with E-state index < -0.39 is 29.0 Å². The summed E-state index contributed by atoms with van der Waals surface area (Å²) in [6.07, 6.45) is -0.0109. The van der Waals surface area contributed by atoms with Crippen molar-refractivity contribution in [2.45, 2.75) is 12.8 Å². The van der Waals surface area contributed by atoms with E-state index in [1.807, 2.05) is 0 Å². The van der Waals surface area contributed by atoms with Crippen LogP contribution in [0.2, 0.25) is 0 Å². The van der Waals surface area contributed by atoms with E-state index in [0.29, 0.717) is 17.1 Å². The van der Waals surface area contributed by atoms with E-state index in [0.717, 1.165) is 12.1 Å². The van der Waals surface area contributed by atoms with Gasteiger partial charge in [0.2, 0.25) is 17.6 Å². The third kappa shape index (κ3) is 4.25. The van der Waals surface area contributed by atoms with Crippen LogP contribution in [0.1, 0.15) is 12.3 Å². The van der Waals surface area contributed by atoms with Crippen LogP contribution in [0, 0.1) is 17.5 Å². The molecule has 9 heteroatoms. The van der Waals surface area contributed by atoms with Gasteiger partial charge in [0, 0.05) is 18.4 Å². The fourth-order valence-electron chi connectivity index (χ4n) is 2.27. The van der Waals surface area contributed by atoms with Gasteiger partial charge >= 0.3 is 0 Å². The number of ether oxygens (including phenoxy) is 1. The zero-order chi connectivity index (χ0) is 19.4. The number of methoxy groups -OCH3 is 1. The molecule has 0 aliphatic carbocycles. The Balaban J connectivity index is 1.59. The number of nitrogens with zero attached hydrogens (tertiary/aromatic N) is 2. The maximum atomic E-state index is 13.6. The predicted octanol–water partition coefficient (Wildman–Crippen LogP) is 3.73. The summed E-state index contributed by atoms with van der Waals surface area (Å²) < 4.78 is 49.7. The van der Waals surface area contributed by atoms with Crippen molar-refractivity contribution in [3.63, 3.8) is 0 Å². The van der Waals surface area contributed by atoms with Crippen molar-refractivity contribution in [1.29, 1.82) is 0 Å². The number of amides is 1. The zero-order valence-electron chi connectivity index (χ0n) is 14.1. The Kier molecular flexibility index (Phi) is 5.39. The van der Waals surface area contributed by atoms with E-state index in [1.165, 1.54) is 0 Å². The van der Waals surface area contributed by atoms with Crippen LogP contribution < -0.4 is 10.1 Å². The van der Waals surface area contributed by atoms with Crippen molar-refractivity contribution >= 4 is 11.6 Å². The van der Waals surface area contributed by atoms with Gasteiger partial charge in [-0.3, -0.25) is 4.79 Å². The number of benzene rings is 2. The van der Waals surface area contributed by atoms with Gasteiger partial charge in [0.05, 0.1) is 12.8 Å². The molecule has 3 aromatic rings. The number of carbonyl (C=O) groups excluding carboxylic acids is 1. The third-order valence-electron chi connectivity index (χ3n) is 3.69. The van der Waals surface area contributed by atoms with E-state index in [4.69, 9.17) is 9.26 Å². The number of rotatable bonds is 6. The first kappa shape index (κ1) is 18.4. The van der Waals surface area contributed by atoms with E-state index in [1.54, 1.807) is 31.4 Å². The lowest BCUT2D eigenvalue weighted by molar-refractivity contribution is -0.116. The molecule has 1 heterocycles. The average Bonchev–Trinajstić information content (AvgIpc) is 3.16. The molecular formula is C18H14F3N3O3. The number of hydrogen-bond acceptors (Lipinski definition) is 5. The Labute approximate surface area is 152 Å². The molecule has 6 nitrogen and oxygen atoms in total. The first-order chi connectivity index (χ1) is 13.0. The van der Waals surface area contributed by atoms with Crippen LogP contribution in [0.15, 0.2) is 40.9 Å². The molecule has 0 saturated carbocycles. The summed E-state index contributed by atoms with van der Waals surface area (Å²) in [6.45, 7) is 0. The van der Waals surface area contributed by atoms with Crippen LogP contribution in [0.25, 0.3) is 11.4 Å². The summed E-state index contributed by atoms with van der Waals surface area (Å²) in [5.41, 5.74) is 0.266. The first-order valence-corrected chi connectivity index (χ1v) is 7.88. The molecule has 0 unspecified atom stereocenters. The number of aromatic nitrogens is 2. The second kappa shape index (κ2) is 7.90. The normalized spacial score (nSPS) is 10.7. The van der Waals surface area contributed by atoms with Crippen molar-refractivity contribution in [2.24, 2.45) is 0 Å². The Morgan fingerprint density at radius 1 is 1.11 bits per heavy atom. The fraction of sp³-hybridized carbons (Fsp3) is 0.167. The molecule has 0 spiro atoms. The summed E-state index contributed by atoms with van der Waals surface area (Å²) in [7, 11) is 1.55. The first-order valence-electron chi connectivity index (χ1n) is 7.88. The highest BCUT2D eigenvalue weighted by Crippen LogP contribution is 2.21. The van der Waals surface area contributed by atoms with Crippen molar-refractivity contribution in [1.82, 2.24) is 10.1 Å². The Bertz CT molecular complexity index is 958. The van der Waals surface area contributed by atoms with Gasteiger partial charge in [0.1, 0.15) is 5.75 Å². The monoisotopic (exact) mass is 377 g/mol. The lowest BCUT2D eigenvalue weighted by Gasteiger charge is -2.06. The quantitative estimate of drug-likeness (QED) is 0.663. The molecule has 1 aromatic heterocycles. The molecule has 0 atom stereocenters. The number of aryl methyl sites for hydroxylation is 1. The standard InChI is InChI=1S/C18H14F3N3O3/c1-26-11-4-2-10(3-5-11)18-23-15(27-24-18)9-8-14(25)22-13-7-6-12(19)16(20)17(13)21/h2-7H,8-9H2,1H3,(H,22,25). The molecule has 2 aromatic carbocycles. The van der Waals surface area contributed by atoms with Gasteiger partial charge in [-0.05, 0) is 36.4 Å². The van der Waals surface area contributed by atoms with Crippen LogP contribution >= 0.6 is 0 Å². The minimum Gasteiger partial charge on any atom is -0.497 e. The minimum absolute atomic E-state index is 0.0975. The maximum Gasteiger partial charge on any atom is 0.227 e. The van der Waals surface area contributed by atoms with Crippen molar-refractivity contribution in [3.8, 4) is 17.1 Å². The number of anilines is 1. The number of nitrogens with one attached hydrogen (secondary N) is 1. The molecule has 3 rings (SSSR count). The molecule has 140 valence electrons. The minimum atomic E-state index is -1.64. The van der Waals surface area contributed by atoms with Crippen LogP contribution in [-0.4, -0.2) is 23.2 Å². The molecule has 1 N–H and O–H groups in total. The van der Waals surface area contributed by atoms with Gasteiger partial charge in [-0.2, -0.15) is 4.98 Å². The van der Waals surface area contributed by atoms with E-state index in [-0.39, 0.29) is 18.7 Å². The highest BCUT2D eigenvalue weighted by Gasteiger charge is 2.16. The van der Waals surface area contributed by atoms with Gasteiger partial charge in [0.25, 0.3) is 0 Å². The predicted molar refractivity (Wildman–Crippen MR) is 89.6 cm³/mol. The van der Waals surface area contributed by atoms with E-state index >= 15 is 0 Å². The summed E-state index contributed by atoms with van der Waals surface area (Å²) in [5.74, 6) is -3.80. The number of hydrogen-bond donors (Lipinski definition) is 1. The van der Waals surface area contributed by atoms with Crippen molar-refractivity contribution in [2.75, 3.05) is 12.4 Å². The van der Waals surface area contributed by atoms with Gasteiger partial charge in [0.15, 0.2) is 17.5 Å². The topological polar surface area (TPSA) is 77.2 Å². The maximum absolute atomic E-state index is 13.6. The molecule has 0 saturated heterocycles. The smallest absolute Gasteiger partial charge is 0.227 e.